The van der Waals surface area contributed by atoms with Crippen LogP contribution in [0.1, 0.15) is 38.5 Å². The summed E-state index contributed by atoms with van der Waals surface area (Å²) in [6, 6.07) is 0. The largest absolute Gasteiger partial charge is 0.340 e. The predicted molar refractivity (Wildman–Crippen MR) is 92.6 cm³/mol. The van der Waals surface area contributed by atoms with Crippen LogP contribution in [-0.2, 0) is 4.79 Å². The standard InChI is InChI=1S/C15H29N3O.2ClH/c1-16-8-7-15(19)18-11-9-17(10-12-18)13-14-5-3-2-4-6-14;;/h14,16H,2-13H2,1H3;2*1H. The fourth-order valence-electron chi connectivity index (χ4n) is 3.30. The summed E-state index contributed by atoms with van der Waals surface area (Å²) in [5, 5.41) is 3.04. The summed E-state index contributed by atoms with van der Waals surface area (Å²) in [6.45, 7) is 6.05. The SMILES string of the molecule is CNCCC(=O)N1CCN(CC2CCCCC2)CC1.Cl.Cl. The van der Waals surface area contributed by atoms with E-state index in [-0.39, 0.29) is 24.8 Å². The van der Waals surface area contributed by atoms with Gasteiger partial charge in [-0.3, -0.25) is 9.69 Å². The van der Waals surface area contributed by atoms with E-state index in [0.717, 1.165) is 38.6 Å². The third-order valence-electron chi connectivity index (χ3n) is 4.56. The van der Waals surface area contributed by atoms with Gasteiger partial charge in [0.05, 0.1) is 0 Å². The van der Waals surface area contributed by atoms with Gasteiger partial charge in [-0.2, -0.15) is 0 Å². The molecule has 6 heteroatoms. The van der Waals surface area contributed by atoms with Crippen molar-refractivity contribution in [3.63, 3.8) is 0 Å². The molecule has 0 aromatic carbocycles. The van der Waals surface area contributed by atoms with Crippen molar-refractivity contribution in [2.24, 2.45) is 5.92 Å². The number of carbonyl (C=O) groups excluding carboxylic acids is 1. The summed E-state index contributed by atoms with van der Waals surface area (Å²) in [7, 11) is 1.90. The third-order valence-corrected chi connectivity index (χ3v) is 4.56. The van der Waals surface area contributed by atoms with Crippen molar-refractivity contribution >= 4 is 30.7 Å². The summed E-state index contributed by atoms with van der Waals surface area (Å²) < 4.78 is 0. The van der Waals surface area contributed by atoms with Crippen molar-refractivity contribution in [3.05, 3.63) is 0 Å². The molecule has 21 heavy (non-hydrogen) atoms. The lowest BCUT2D eigenvalue weighted by Crippen LogP contribution is -2.50. The topological polar surface area (TPSA) is 35.6 Å². The molecule has 2 rings (SSSR count). The van der Waals surface area contributed by atoms with Crippen LogP contribution < -0.4 is 5.32 Å². The molecule has 0 spiro atoms. The van der Waals surface area contributed by atoms with E-state index in [1.54, 1.807) is 0 Å². The van der Waals surface area contributed by atoms with Crippen LogP contribution in [0, 0.1) is 5.92 Å². The maximum Gasteiger partial charge on any atom is 0.223 e. The fourth-order valence-corrected chi connectivity index (χ4v) is 3.30. The van der Waals surface area contributed by atoms with E-state index in [0.29, 0.717) is 12.3 Å². The van der Waals surface area contributed by atoms with Crippen LogP contribution in [0.5, 0.6) is 0 Å². The molecule has 2 aliphatic rings. The Kier molecular flexibility index (Phi) is 11.5. The molecule has 0 radical (unpaired) electrons. The van der Waals surface area contributed by atoms with Gasteiger partial charge < -0.3 is 10.2 Å². The monoisotopic (exact) mass is 339 g/mol. The molecule has 0 aromatic rings. The van der Waals surface area contributed by atoms with Crippen LogP contribution >= 0.6 is 24.8 Å². The van der Waals surface area contributed by atoms with E-state index in [1.807, 2.05) is 11.9 Å². The highest BCUT2D eigenvalue weighted by Crippen LogP contribution is 2.24. The zero-order chi connectivity index (χ0) is 13.5. The lowest BCUT2D eigenvalue weighted by atomic mass is 9.89. The fraction of sp³-hybridized carbons (Fsp3) is 0.933. The van der Waals surface area contributed by atoms with E-state index in [9.17, 15) is 4.79 Å². The molecule has 1 saturated carbocycles. The van der Waals surface area contributed by atoms with Crippen molar-refractivity contribution in [2.75, 3.05) is 46.3 Å². The molecule has 1 N–H and O–H groups in total. The Morgan fingerprint density at radius 1 is 1.05 bits per heavy atom. The number of rotatable bonds is 5. The number of hydrogen-bond acceptors (Lipinski definition) is 3. The van der Waals surface area contributed by atoms with Crippen LogP contribution in [0.15, 0.2) is 0 Å². The average molecular weight is 340 g/mol. The van der Waals surface area contributed by atoms with E-state index >= 15 is 0 Å². The van der Waals surface area contributed by atoms with Crippen molar-refractivity contribution in [3.8, 4) is 0 Å². The van der Waals surface area contributed by atoms with Gasteiger partial charge in [0.1, 0.15) is 0 Å². The van der Waals surface area contributed by atoms with Gasteiger partial charge in [0.25, 0.3) is 0 Å². The molecular weight excluding hydrogens is 309 g/mol. The van der Waals surface area contributed by atoms with Crippen molar-refractivity contribution < 1.29 is 4.79 Å². The first kappa shape index (κ1) is 21.0. The number of piperazine rings is 1. The molecule has 1 heterocycles. The van der Waals surface area contributed by atoms with Gasteiger partial charge in [-0.25, -0.2) is 0 Å². The number of amides is 1. The first-order valence-electron chi connectivity index (χ1n) is 7.94. The summed E-state index contributed by atoms with van der Waals surface area (Å²) in [6.07, 6.45) is 7.76. The molecule has 126 valence electrons. The highest BCUT2D eigenvalue weighted by molar-refractivity contribution is 5.85. The van der Waals surface area contributed by atoms with Gasteiger partial charge in [0.2, 0.25) is 5.91 Å². The zero-order valence-corrected chi connectivity index (χ0v) is 14.8. The lowest BCUT2D eigenvalue weighted by Gasteiger charge is -2.37. The van der Waals surface area contributed by atoms with E-state index in [2.05, 4.69) is 10.2 Å². The van der Waals surface area contributed by atoms with Gasteiger partial charge in [-0.1, -0.05) is 19.3 Å². The second-order valence-electron chi connectivity index (χ2n) is 6.04. The molecule has 1 amide bonds. The summed E-state index contributed by atoms with van der Waals surface area (Å²) in [5.41, 5.74) is 0. The van der Waals surface area contributed by atoms with Crippen LogP contribution in [0.2, 0.25) is 0 Å². The molecule has 0 unspecified atom stereocenters. The van der Waals surface area contributed by atoms with Crippen LogP contribution in [-0.4, -0.2) is 62.0 Å². The minimum Gasteiger partial charge on any atom is -0.340 e. The zero-order valence-electron chi connectivity index (χ0n) is 13.2. The lowest BCUT2D eigenvalue weighted by molar-refractivity contribution is -0.132. The molecule has 1 saturated heterocycles. The molecule has 2 fully saturated rings. The third kappa shape index (κ3) is 7.18. The number of nitrogens with one attached hydrogen (secondary N) is 1. The Labute approximate surface area is 141 Å². The molecule has 1 aliphatic heterocycles. The van der Waals surface area contributed by atoms with E-state index < -0.39 is 0 Å². The quantitative estimate of drug-likeness (QED) is 0.833. The van der Waals surface area contributed by atoms with E-state index in [4.69, 9.17) is 0 Å². The van der Waals surface area contributed by atoms with Gasteiger partial charge in [-0.05, 0) is 25.8 Å². The normalized spacial score (nSPS) is 20.5. The minimum absolute atomic E-state index is 0. The number of nitrogens with zero attached hydrogens (tertiary/aromatic N) is 2. The van der Waals surface area contributed by atoms with Crippen LogP contribution in [0.3, 0.4) is 0 Å². The van der Waals surface area contributed by atoms with Crippen LogP contribution in [0.25, 0.3) is 0 Å². The summed E-state index contributed by atoms with van der Waals surface area (Å²) in [5.74, 6) is 1.23. The molecular formula is C15H31Cl2N3O. The van der Waals surface area contributed by atoms with Crippen molar-refractivity contribution in [2.45, 2.75) is 38.5 Å². The Morgan fingerprint density at radius 2 is 1.67 bits per heavy atom. The maximum absolute atomic E-state index is 11.9. The Bertz CT molecular complexity index is 278. The smallest absolute Gasteiger partial charge is 0.223 e. The highest BCUT2D eigenvalue weighted by atomic mass is 35.5. The van der Waals surface area contributed by atoms with Gasteiger partial charge in [0.15, 0.2) is 0 Å². The number of hydrogen-bond donors (Lipinski definition) is 1. The molecule has 1 aliphatic carbocycles. The Balaban J connectivity index is 0.00000200. The molecule has 0 atom stereocenters. The second-order valence-corrected chi connectivity index (χ2v) is 6.04. The predicted octanol–water partition coefficient (Wildman–Crippen LogP) is 2.16. The number of carbonyl (C=O) groups is 1. The maximum atomic E-state index is 11.9. The summed E-state index contributed by atoms with van der Waals surface area (Å²) in [4.78, 5) is 16.5. The minimum atomic E-state index is 0. The number of halogens is 2. The summed E-state index contributed by atoms with van der Waals surface area (Å²) >= 11 is 0. The average Bonchev–Trinajstić information content (AvgIpc) is 2.46. The van der Waals surface area contributed by atoms with Gasteiger partial charge in [-0.15, -0.1) is 24.8 Å². The molecule has 0 aromatic heterocycles. The first-order chi connectivity index (χ1) is 9.29. The van der Waals surface area contributed by atoms with Crippen molar-refractivity contribution in [1.82, 2.24) is 15.1 Å². The first-order valence-corrected chi connectivity index (χ1v) is 7.94. The van der Waals surface area contributed by atoms with E-state index in [1.165, 1.54) is 38.6 Å². The Hall–Kier alpha value is -0.0300. The Morgan fingerprint density at radius 3 is 2.24 bits per heavy atom. The van der Waals surface area contributed by atoms with Crippen LogP contribution in [0.4, 0.5) is 0 Å². The van der Waals surface area contributed by atoms with Crippen molar-refractivity contribution in [1.29, 1.82) is 0 Å². The highest BCUT2D eigenvalue weighted by Gasteiger charge is 2.23. The second kappa shape index (κ2) is 11.5. The van der Waals surface area contributed by atoms with Gasteiger partial charge >= 0.3 is 0 Å². The molecule has 4 nitrogen and oxygen atoms in total. The van der Waals surface area contributed by atoms with Gasteiger partial charge in [0, 0.05) is 45.7 Å². The molecule has 0 bridgehead atoms.